The molecule has 1 aromatic rings. The van der Waals surface area contributed by atoms with Crippen molar-refractivity contribution in [3.63, 3.8) is 0 Å². The van der Waals surface area contributed by atoms with Gasteiger partial charge in [0, 0.05) is 13.7 Å². The maximum atomic E-state index is 4.54. The van der Waals surface area contributed by atoms with E-state index in [-0.39, 0.29) is 0 Å². The number of ether oxygens (including phenoxy) is 1. The number of methoxy groups -OCH3 is 1. The highest BCUT2D eigenvalue weighted by Crippen LogP contribution is 2.28. The van der Waals surface area contributed by atoms with Crippen molar-refractivity contribution < 1.29 is 4.74 Å². The highest BCUT2D eigenvalue weighted by atomic mass is 16.5. The predicted octanol–water partition coefficient (Wildman–Crippen LogP) is 4.80. The van der Waals surface area contributed by atoms with E-state index in [4.69, 9.17) is 0 Å². The zero-order valence-corrected chi connectivity index (χ0v) is 15.3. The molecule has 0 saturated carbocycles. The molecule has 0 atom stereocenters. The fraction of sp³-hybridized carbons (Fsp3) is 0.700. The van der Waals surface area contributed by atoms with E-state index in [1.54, 1.807) is 7.11 Å². The van der Waals surface area contributed by atoms with Gasteiger partial charge in [-0.25, -0.2) is 0 Å². The summed E-state index contributed by atoms with van der Waals surface area (Å²) in [5, 5.41) is 0. The number of rotatable bonds is 5. The second-order valence-electron chi connectivity index (χ2n) is 6.98. The van der Waals surface area contributed by atoms with Crippen LogP contribution in [0, 0.1) is 6.92 Å². The van der Waals surface area contributed by atoms with Crippen LogP contribution in [0.25, 0.3) is 0 Å². The molecule has 0 unspecified atom stereocenters. The number of piperidine rings is 1. The van der Waals surface area contributed by atoms with Crippen LogP contribution in [-0.2, 0) is 10.2 Å². The molecular formula is C20H35NO. The quantitative estimate of drug-likeness (QED) is 0.774. The normalized spacial score (nSPS) is 16.0. The molecule has 0 spiro atoms. The van der Waals surface area contributed by atoms with Crippen LogP contribution in [0.15, 0.2) is 24.3 Å². The fourth-order valence-corrected chi connectivity index (χ4v) is 2.77. The first-order valence-electron chi connectivity index (χ1n) is 8.78. The van der Waals surface area contributed by atoms with E-state index in [0.717, 1.165) is 6.61 Å². The fourth-order valence-electron chi connectivity index (χ4n) is 2.77. The van der Waals surface area contributed by atoms with Crippen molar-refractivity contribution in [3.8, 4) is 0 Å². The van der Waals surface area contributed by atoms with Crippen LogP contribution in [0.3, 0.4) is 0 Å². The van der Waals surface area contributed by atoms with Gasteiger partial charge >= 0.3 is 0 Å². The van der Waals surface area contributed by atoms with Gasteiger partial charge in [-0.3, -0.25) is 0 Å². The van der Waals surface area contributed by atoms with E-state index in [9.17, 15) is 0 Å². The summed E-state index contributed by atoms with van der Waals surface area (Å²) in [6.07, 6.45) is 5.48. The highest BCUT2D eigenvalue weighted by molar-refractivity contribution is 5.27. The monoisotopic (exact) mass is 305 g/mol. The zero-order chi connectivity index (χ0) is 16.4. The lowest BCUT2D eigenvalue weighted by Crippen LogP contribution is -2.34. The number of hydrogen-bond acceptors (Lipinski definition) is 2. The molecule has 0 aromatic heterocycles. The summed E-state index contributed by atoms with van der Waals surface area (Å²) in [5.41, 5.74) is 3.13. The third-order valence-electron chi connectivity index (χ3n) is 4.62. The van der Waals surface area contributed by atoms with Gasteiger partial charge in [-0.15, -0.1) is 0 Å². The molecule has 2 heteroatoms. The molecule has 126 valence electrons. The van der Waals surface area contributed by atoms with E-state index in [1.807, 2.05) is 6.92 Å². The first-order chi connectivity index (χ1) is 10.5. The summed E-state index contributed by atoms with van der Waals surface area (Å²) in [7, 11) is 1.68. The lowest BCUT2D eigenvalue weighted by atomic mass is 9.81. The second kappa shape index (κ2) is 10.0. The molecule has 22 heavy (non-hydrogen) atoms. The van der Waals surface area contributed by atoms with Crippen molar-refractivity contribution in [3.05, 3.63) is 35.4 Å². The Hall–Kier alpha value is -0.860. The van der Waals surface area contributed by atoms with E-state index in [1.165, 1.54) is 56.4 Å². The summed E-state index contributed by atoms with van der Waals surface area (Å²) in [5.74, 6) is 0. The summed E-state index contributed by atoms with van der Waals surface area (Å²) in [4.78, 5) is 2.64. The molecule has 1 fully saturated rings. The maximum absolute atomic E-state index is 4.54. The lowest BCUT2D eigenvalue weighted by Gasteiger charge is -2.32. The Kier molecular flexibility index (Phi) is 8.74. The van der Waals surface area contributed by atoms with Crippen LogP contribution >= 0.6 is 0 Å². The Morgan fingerprint density at radius 1 is 1.05 bits per heavy atom. The van der Waals surface area contributed by atoms with Gasteiger partial charge in [-0.1, -0.05) is 50.1 Å². The van der Waals surface area contributed by atoms with Crippen molar-refractivity contribution >= 4 is 0 Å². The van der Waals surface area contributed by atoms with Crippen molar-refractivity contribution in [1.29, 1.82) is 0 Å². The largest absolute Gasteiger partial charge is 0.385 e. The van der Waals surface area contributed by atoms with Gasteiger partial charge in [0.25, 0.3) is 0 Å². The summed E-state index contributed by atoms with van der Waals surface area (Å²) in [6.45, 7) is 13.6. The van der Waals surface area contributed by atoms with Crippen molar-refractivity contribution in [2.45, 2.75) is 58.8 Å². The molecule has 0 bridgehead atoms. The molecule has 2 rings (SSSR count). The van der Waals surface area contributed by atoms with Crippen LogP contribution in [0.2, 0.25) is 0 Å². The van der Waals surface area contributed by atoms with Gasteiger partial charge in [0.15, 0.2) is 0 Å². The number of benzene rings is 1. The predicted molar refractivity (Wildman–Crippen MR) is 96.7 cm³/mol. The average Bonchev–Trinajstić information content (AvgIpc) is 2.55. The summed E-state index contributed by atoms with van der Waals surface area (Å²) >= 11 is 0. The lowest BCUT2D eigenvalue weighted by molar-refractivity contribution is 0.210. The van der Waals surface area contributed by atoms with Crippen LogP contribution in [0.5, 0.6) is 0 Å². The van der Waals surface area contributed by atoms with Gasteiger partial charge in [-0.05, 0) is 63.7 Å². The number of likely N-dealkylation sites (tertiary alicyclic amines) is 1. The van der Waals surface area contributed by atoms with Gasteiger partial charge in [0.1, 0.15) is 0 Å². The summed E-state index contributed by atoms with van der Waals surface area (Å²) in [6, 6.07) is 9.06. The molecule has 1 aromatic carbocycles. The molecule has 1 heterocycles. The highest BCUT2D eigenvalue weighted by Gasteiger charge is 2.22. The standard InChI is InChI=1S/C17H27N.C3H8O/c1-15-7-9-16(10-8-15)17(2,3)11-14-18-12-5-4-6-13-18;1-3-4-2/h7-10H,4-6,11-14H2,1-3H3;3H2,1-2H3. The van der Waals surface area contributed by atoms with Crippen molar-refractivity contribution in [2.24, 2.45) is 0 Å². The summed E-state index contributed by atoms with van der Waals surface area (Å²) < 4.78 is 4.54. The van der Waals surface area contributed by atoms with Crippen molar-refractivity contribution in [1.82, 2.24) is 4.90 Å². The first-order valence-corrected chi connectivity index (χ1v) is 8.78. The molecule has 1 aliphatic rings. The maximum Gasteiger partial charge on any atom is 0.0433 e. The molecule has 0 amide bonds. The van der Waals surface area contributed by atoms with Gasteiger partial charge in [-0.2, -0.15) is 0 Å². The molecule has 0 aliphatic carbocycles. The van der Waals surface area contributed by atoms with Crippen LogP contribution in [0.4, 0.5) is 0 Å². The smallest absolute Gasteiger partial charge is 0.0433 e. The number of nitrogens with zero attached hydrogens (tertiary/aromatic N) is 1. The minimum absolute atomic E-state index is 0.297. The van der Waals surface area contributed by atoms with Gasteiger partial charge in [0.05, 0.1) is 0 Å². The molecule has 2 nitrogen and oxygen atoms in total. The van der Waals surface area contributed by atoms with Gasteiger partial charge < -0.3 is 9.64 Å². The Morgan fingerprint density at radius 2 is 1.59 bits per heavy atom. The SMILES string of the molecule is CCOC.Cc1ccc(C(C)(C)CCN2CCCCC2)cc1. The average molecular weight is 306 g/mol. The van der Waals surface area contributed by atoms with Crippen molar-refractivity contribution in [2.75, 3.05) is 33.4 Å². The Bertz CT molecular complexity index is 389. The molecule has 0 radical (unpaired) electrons. The van der Waals surface area contributed by atoms with E-state index >= 15 is 0 Å². The molecule has 0 N–H and O–H groups in total. The minimum Gasteiger partial charge on any atom is -0.385 e. The minimum atomic E-state index is 0.297. The number of hydrogen-bond donors (Lipinski definition) is 0. The third-order valence-corrected chi connectivity index (χ3v) is 4.62. The van der Waals surface area contributed by atoms with Crippen LogP contribution in [0.1, 0.15) is 57.6 Å². The topological polar surface area (TPSA) is 12.5 Å². The Balaban J connectivity index is 0.000000541. The molecule has 1 saturated heterocycles. The Morgan fingerprint density at radius 3 is 2.09 bits per heavy atom. The van der Waals surface area contributed by atoms with Gasteiger partial charge in [0.2, 0.25) is 0 Å². The van der Waals surface area contributed by atoms with Crippen LogP contribution in [-0.4, -0.2) is 38.3 Å². The van der Waals surface area contributed by atoms with Crippen LogP contribution < -0.4 is 0 Å². The first kappa shape index (κ1) is 19.2. The number of aryl methyl sites for hydroxylation is 1. The van der Waals surface area contributed by atoms with E-state index in [2.05, 4.69) is 54.7 Å². The van der Waals surface area contributed by atoms with E-state index in [0.29, 0.717) is 5.41 Å². The molecule has 1 aliphatic heterocycles. The second-order valence-corrected chi connectivity index (χ2v) is 6.98. The van der Waals surface area contributed by atoms with E-state index < -0.39 is 0 Å². The third kappa shape index (κ3) is 6.93. The zero-order valence-electron chi connectivity index (χ0n) is 15.3. The molecular weight excluding hydrogens is 270 g/mol. The Labute approximate surface area is 137 Å².